The molecular formula is C44H25F3N4. The topological polar surface area (TPSA) is 38.6 Å². The van der Waals surface area contributed by atoms with Crippen molar-refractivity contribution in [3.8, 4) is 23.1 Å². The fourth-order valence-corrected chi connectivity index (χ4v) is 8.14. The van der Waals surface area contributed by atoms with Crippen LogP contribution in [0.25, 0.3) is 82.5 Å². The van der Waals surface area contributed by atoms with Gasteiger partial charge in [0, 0.05) is 32.3 Å². The fraction of sp³-hybridized carbons (Fsp3) is 0.0227. The molecule has 0 amide bonds. The molecule has 0 aliphatic carbocycles. The average Bonchev–Trinajstić information content (AvgIpc) is 3.79. The first-order chi connectivity index (χ1) is 25.0. The van der Waals surface area contributed by atoms with Crippen LogP contribution in [0.15, 0.2) is 152 Å². The molecule has 0 saturated carbocycles. The lowest BCUT2D eigenvalue weighted by atomic mass is 10.0. The molecule has 0 saturated heterocycles. The Labute approximate surface area is 289 Å². The number of hydrogen-bond acceptors (Lipinski definition) is 1. The number of halogens is 3. The van der Waals surface area contributed by atoms with E-state index in [1.165, 1.54) is 6.07 Å². The van der Waals surface area contributed by atoms with Gasteiger partial charge in [0.05, 0.1) is 55.7 Å². The summed E-state index contributed by atoms with van der Waals surface area (Å²) in [6.45, 7) is 0. The van der Waals surface area contributed by atoms with Gasteiger partial charge in [0.25, 0.3) is 0 Å². The van der Waals surface area contributed by atoms with Crippen LogP contribution >= 0.6 is 0 Å². The number of alkyl halides is 3. The van der Waals surface area contributed by atoms with Gasteiger partial charge in [-0.25, -0.2) is 0 Å². The smallest absolute Gasteiger partial charge is 0.309 e. The molecule has 0 bridgehead atoms. The number of para-hydroxylation sites is 6. The van der Waals surface area contributed by atoms with Gasteiger partial charge in [0.2, 0.25) is 0 Å². The molecule has 0 fully saturated rings. The van der Waals surface area contributed by atoms with E-state index in [2.05, 4.69) is 6.07 Å². The highest BCUT2D eigenvalue weighted by Gasteiger charge is 2.42. The number of nitrogens with zero attached hydrogens (tertiary/aromatic N) is 4. The van der Waals surface area contributed by atoms with E-state index in [9.17, 15) is 5.26 Å². The van der Waals surface area contributed by atoms with E-state index in [1.807, 2.05) is 150 Å². The third kappa shape index (κ3) is 4.02. The van der Waals surface area contributed by atoms with Crippen LogP contribution in [0.4, 0.5) is 13.2 Å². The maximum Gasteiger partial charge on any atom is 0.420 e. The molecule has 242 valence electrons. The van der Waals surface area contributed by atoms with Gasteiger partial charge in [0.1, 0.15) is 11.6 Å². The van der Waals surface area contributed by atoms with E-state index in [-0.39, 0.29) is 22.6 Å². The van der Waals surface area contributed by atoms with Gasteiger partial charge < -0.3 is 13.7 Å². The van der Waals surface area contributed by atoms with Gasteiger partial charge in [-0.3, -0.25) is 0 Å². The fourth-order valence-electron chi connectivity index (χ4n) is 8.14. The van der Waals surface area contributed by atoms with E-state index in [1.54, 1.807) is 9.13 Å². The van der Waals surface area contributed by atoms with Gasteiger partial charge >= 0.3 is 6.18 Å². The molecular weight excluding hydrogens is 642 g/mol. The molecule has 3 heterocycles. The second kappa shape index (κ2) is 10.6. The van der Waals surface area contributed by atoms with Crippen molar-refractivity contribution in [1.82, 2.24) is 13.7 Å². The normalized spacial score (nSPS) is 12.2. The van der Waals surface area contributed by atoms with E-state index < -0.39 is 11.7 Å². The zero-order valence-corrected chi connectivity index (χ0v) is 26.9. The number of aromatic nitrogens is 3. The van der Waals surface area contributed by atoms with Crippen molar-refractivity contribution in [2.45, 2.75) is 6.18 Å². The van der Waals surface area contributed by atoms with Crippen molar-refractivity contribution < 1.29 is 13.2 Å². The number of nitriles is 1. The molecule has 0 aliphatic heterocycles. The third-order valence-corrected chi connectivity index (χ3v) is 10.1. The Hall–Kier alpha value is -6.78. The second-order valence-corrected chi connectivity index (χ2v) is 12.7. The standard InChI is InChI=1S/C44H25F3N4/c45-44(46,47)41-40(49-34-19-7-1-13-28(34)29-14-2-8-20-35(29)49)25-27(26-48)42(50-36-21-9-3-15-30(36)31-16-4-10-22-37(31)50)43(41)51-38-23-11-5-17-32(38)33-18-6-12-24-39(33)51/h1-25H. The summed E-state index contributed by atoms with van der Waals surface area (Å²) in [5.74, 6) is 0. The lowest BCUT2D eigenvalue weighted by Gasteiger charge is -2.26. The highest BCUT2D eigenvalue weighted by molar-refractivity contribution is 6.13. The first-order valence-electron chi connectivity index (χ1n) is 16.6. The molecule has 0 unspecified atom stereocenters. The van der Waals surface area contributed by atoms with Gasteiger partial charge in [-0.1, -0.05) is 109 Å². The van der Waals surface area contributed by atoms with Crippen LogP contribution < -0.4 is 0 Å². The Kier molecular flexibility index (Phi) is 6.07. The van der Waals surface area contributed by atoms with Crippen molar-refractivity contribution in [2.24, 2.45) is 0 Å². The third-order valence-electron chi connectivity index (χ3n) is 10.1. The quantitative estimate of drug-likeness (QED) is 0.185. The molecule has 10 rings (SSSR count). The molecule has 4 nitrogen and oxygen atoms in total. The van der Waals surface area contributed by atoms with E-state index in [4.69, 9.17) is 0 Å². The summed E-state index contributed by atoms with van der Waals surface area (Å²) >= 11 is 0. The minimum Gasteiger partial charge on any atom is -0.309 e. The summed E-state index contributed by atoms with van der Waals surface area (Å²) in [5, 5.41) is 16.1. The molecule has 3 aromatic heterocycles. The van der Waals surface area contributed by atoms with Crippen LogP contribution in [0.3, 0.4) is 0 Å². The summed E-state index contributed by atoms with van der Waals surface area (Å²) in [4.78, 5) is 0. The lowest BCUT2D eigenvalue weighted by Crippen LogP contribution is -2.19. The number of hydrogen-bond donors (Lipinski definition) is 0. The SMILES string of the molecule is N#Cc1cc(-n2c3ccccc3c3ccccc32)c(C(F)(F)F)c(-n2c3ccccc3c3ccccc32)c1-n1c2ccccc2c2ccccc21. The van der Waals surface area contributed by atoms with E-state index in [0.29, 0.717) is 33.1 Å². The zero-order valence-electron chi connectivity index (χ0n) is 26.9. The predicted molar refractivity (Wildman–Crippen MR) is 199 cm³/mol. The Bertz CT molecular complexity index is 2940. The summed E-state index contributed by atoms with van der Waals surface area (Å²) in [7, 11) is 0. The molecule has 51 heavy (non-hydrogen) atoms. The Morgan fingerprint density at radius 1 is 0.412 bits per heavy atom. The first kappa shape index (κ1) is 29.2. The van der Waals surface area contributed by atoms with Gasteiger partial charge in [0.15, 0.2) is 0 Å². The minimum atomic E-state index is -4.86. The van der Waals surface area contributed by atoms with Crippen LogP contribution in [0.2, 0.25) is 0 Å². The van der Waals surface area contributed by atoms with Crippen LogP contribution in [0.5, 0.6) is 0 Å². The average molecular weight is 667 g/mol. The number of rotatable bonds is 3. The van der Waals surface area contributed by atoms with Crippen LogP contribution in [-0.4, -0.2) is 13.7 Å². The van der Waals surface area contributed by atoms with Crippen LogP contribution in [0, 0.1) is 11.3 Å². The van der Waals surface area contributed by atoms with Crippen molar-refractivity contribution >= 4 is 65.4 Å². The van der Waals surface area contributed by atoms with E-state index >= 15 is 13.2 Å². The maximum atomic E-state index is 16.5. The summed E-state index contributed by atoms with van der Waals surface area (Å²) < 4.78 is 54.6. The summed E-state index contributed by atoms with van der Waals surface area (Å²) in [5.41, 5.74) is 3.07. The van der Waals surface area contributed by atoms with Crippen molar-refractivity contribution in [2.75, 3.05) is 0 Å². The van der Waals surface area contributed by atoms with Crippen LogP contribution in [-0.2, 0) is 6.18 Å². The molecule has 7 aromatic carbocycles. The largest absolute Gasteiger partial charge is 0.420 e. The molecule has 0 radical (unpaired) electrons. The highest BCUT2D eigenvalue weighted by atomic mass is 19.4. The van der Waals surface area contributed by atoms with Gasteiger partial charge in [-0.2, -0.15) is 18.4 Å². The predicted octanol–water partition coefficient (Wildman–Crippen LogP) is 11.9. The first-order valence-corrected chi connectivity index (χ1v) is 16.6. The summed E-state index contributed by atoms with van der Waals surface area (Å²) in [6, 6.07) is 49.1. The van der Waals surface area contributed by atoms with Crippen molar-refractivity contribution in [3.05, 3.63) is 163 Å². The Morgan fingerprint density at radius 2 is 0.706 bits per heavy atom. The molecule has 0 atom stereocenters. The molecule has 7 heteroatoms. The zero-order chi connectivity index (χ0) is 34.4. The van der Waals surface area contributed by atoms with Crippen LogP contribution in [0.1, 0.15) is 11.1 Å². The monoisotopic (exact) mass is 666 g/mol. The minimum absolute atomic E-state index is 0.109. The maximum absolute atomic E-state index is 16.5. The number of fused-ring (bicyclic) bond motifs is 9. The second-order valence-electron chi connectivity index (χ2n) is 12.7. The molecule has 0 spiro atoms. The van der Waals surface area contributed by atoms with Crippen molar-refractivity contribution in [3.63, 3.8) is 0 Å². The molecule has 0 aliphatic rings. The van der Waals surface area contributed by atoms with Gasteiger partial charge in [-0.15, -0.1) is 0 Å². The summed E-state index contributed by atoms with van der Waals surface area (Å²) in [6.07, 6.45) is -4.86. The Balaban J connectivity index is 1.52. The molecule has 10 aromatic rings. The van der Waals surface area contributed by atoms with Gasteiger partial charge in [-0.05, 0) is 42.5 Å². The number of benzene rings is 7. The lowest BCUT2D eigenvalue weighted by molar-refractivity contribution is -0.137. The Morgan fingerprint density at radius 3 is 1.02 bits per heavy atom. The van der Waals surface area contributed by atoms with E-state index in [0.717, 1.165) is 32.3 Å². The highest BCUT2D eigenvalue weighted by Crippen LogP contribution is 2.48. The van der Waals surface area contributed by atoms with Crippen molar-refractivity contribution in [1.29, 1.82) is 5.26 Å². The molecule has 0 N–H and O–H groups in total.